The Bertz CT molecular complexity index is 1610. The number of piperidine rings is 1. The molecule has 1 aromatic carbocycles. The highest BCUT2D eigenvalue weighted by Crippen LogP contribution is 2.65. The first-order valence-electron chi connectivity index (χ1n) is 17.0. The van der Waals surface area contributed by atoms with Gasteiger partial charge in [0.25, 0.3) is 5.91 Å². The van der Waals surface area contributed by atoms with Crippen molar-refractivity contribution in [3.63, 3.8) is 0 Å². The number of carbonyl (C=O) groups excluding carboxylic acids is 5. The van der Waals surface area contributed by atoms with Crippen LogP contribution in [0.15, 0.2) is 30.5 Å². The van der Waals surface area contributed by atoms with E-state index in [0.29, 0.717) is 19.5 Å². The Morgan fingerprint density at radius 2 is 1.62 bits per heavy atom. The number of ketones is 1. The van der Waals surface area contributed by atoms with Crippen molar-refractivity contribution in [2.75, 3.05) is 6.54 Å². The van der Waals surface area contributed by atoms with Crippen molar-refractivity contribution in [3.8, 4) is 5.88 Å². The molecule has 5 amide bonds. The SMILES string of the molecule is CC(C)(C)[C@H](NC(=O)N[C@H](Cn1cc2ccccc2c1O)C(C)(C)C)C(=O)N1C[C@H]2[C@@H]([C@H]1C(=O)NC(CC1CC1)C(=O)C(N)=O)C2(C)C. The van der Waals surface area contributed by atoms with Gasteiger partial charge in [0.15, 0.2) is 5.88 Å². The van der Waals surface area contributed by atoms with Gasteiger partial charge in [-0.3, -0.25) is 19.2 Å². The van der Waals surface area contributed by atoms with E-state index in [1.807, 2.05) is 72.0 Å². The van der Waals surface area contributed by atoms with Crippen LogP contribution >= 0.6 is 0 Å². The zero-order valence-electron chi connectivity index (χ0n) is 29.4. The Morgan fingerprint density at radius 3 is 2.19 bits per heavy atom. The molecule has 2 heterocycles. The molecule has 262 valence electrons. The van der Waals surface area contributed by atoms with Crippen molar-refractivity contribution in [2.24, 2.45) is 39.7 Å². The maximum absolute atomic E-state index is 14.4. The monoisotopic (exact) mass is 664 g/mol. The molecule has 0 radical (unpaired) electrons. The summed E-state index contributed by atoms with van der Waals surface area (Å²) in [6.07, 6.45) is 4.03. The average molecular weight is 665 g/mol. The van der Waals surface area contributed by atoms with Crippen LogP contribution in [0.2, 0.25) is 0 Å². The molecule has 48 heavy (non-hydrogen) atoms. The third-order valence-electron chi connectivity index (χ3n) is 10.8. The van der Waals surface area contributed by atoms with E-state index in [1.54, 1.807) is 9.47 Å². The number of carbonyl (C=O) groups is 5. The zero-order valence-corrected chi connectivity index (χ0v) is 29.4. The molecule has 1 unspecified atom stereocenters. The molecule has 12 nitrogen and oxygen atoms in total. The number of likely N-dealkylation sites (tertiary alicyclic amines) is 1. The molecule has 1 aliphatic heterocycles. The van der Waals surface area contributed by atoms with Crippen LogP contribution in [0.3, 0.4) is 0 Å². The van der Waals surface area contributed by atoms with Crippen LogP contribution in [-0.4, -0.2) is 74.8 Å². The Labute approximate surface area is 282 Å². The molecule has 6 atom stereocenters. The highest BCUT2D eigenvalue weighted by Gasteiger charge is 2.70. The number of hydrogen-bond acceptors (Lipinski definition) is 6. The number of rotatable bonds is 11. The first-order chi connectivity index (χ1) is 22.2. The minimum atomic E-state index is -1.10. The molecular formula is C36H52N6O6. The first-order valence-corrected chi connectivity index (χ1v) is 17.0. The third kappa shape index (κ3) is 7.03. The lowest BCUT2D eigenvalue weighted by atomic mass is 9.85. The molecular weight excluding hydrogens is 612 g/mol. The van der Waals surface area contributed by atoms with Gasteiger partial charge in [0, 0.05) is 30.1 Å². The summed E-state index contributed by atoms with van der Waals surface area (Å²) in [7, 11) is 0. The second-order valence-electron chi connectivity index (χ2n) is 16.9. The van der Waals surface area contributed by atoms with Crippen LogP contribution < -0.4 is 21.7 Å². The van der Waals surface area contributed by atoms with Gasteiger partial charge >= 0.3 is 6.03 Å². The number of benzene rings is 1. The predicted molar refractivity (Wildman–Crippen MR) is 181 cm³/mol. The van der Waals surface area contributed by atoms with Crippen LogP contribution in [0.1, 0.15) is 74.7 Å². The molecule has 1 saturated heterocycles. The Balaban J connectivity index is 1.34. The van der Waals surface area contributed by atoms with Gasteiger partial charge in [0.1, 0.15) is 12.1 Å². The number of fused-ring (bicyclic) bond motifs is 2. The van der Waals surface area contributed by atoms with Crippen LogP contribution in [0.25, 0.3) is 10.8 Å². The number of hydrogen-bond donors (Lipinski definition) is 5. The lowest BCUT2D eigenvalue weighted by molar-refractivity contribution is -0.145. The summed E-state index contributed by atoms with van der Waals surface area (Å²) >= 11 is 0. The molecule has 2 aliphatic carbocycles. The predicted octanol–water partition coefficient (Wildman–Crippen LogP) is 3.30. The average Bonchev–Trinajstić information content (AvgIpc) is 3.78. The van der Waals surface area contributed by atoms with Crippen molar-refractivity contribution in [2.45, 2.75) is 105 Å². The number of Topliss-reactive ketones (excluding diaryl/α,β-unsaturated/α-hetero) is 1. The third-order valence-corrected chi connectivity index (χ3v) is 10.8. The fourth-order valence-corrected chi connectivity index (χ4v) is 7.37. The van der Waals surface area contributed by atoms with Gasteiger partial charge in [-0.25, -0.2) is 4.79 Å². The summed E-state index contributed by atoms with van der Waals surface area (Å²) in [4.78, 5) is 68.0. The number of nitrogens with one attached hydrogen (secondary N) is 3. The molecule has 1 aromatic heterocycles. The number of primary amides is 1. The Kier molecular flexibility index (Phi) is 9.11. The molecule has 3 fully saturated rings. The largest absolute Gasteiger partial charge is 0.494 e. The highest BCUT2D eigenvalue weighted by molar-refractivity contribution is 6.37. The van der Waals surface area contributed by atoms with Crippen molar-refractivity contribution >= 4 is 40.3 Å². The number of nitrogens with zero attached hydrogens (tertiary/aromatic N) is 2. The second kappa shape index (κ2) is 12.4. The fourth-order valence-electron chi connectivity index (χ4n) is 7.37. The molecule has 2 aromatic rings. The summed E-state index contributed by atoms with van der Waals surface area (Å²) in [5.74, 6) is -2.49. The smallest absolute Gasteiger partial charge is 0.315 e. The van der Waals surface area contributed by atoms with Crippen LogP contribution in [0, 0.1) is 34.0 Å². The van der Waals surface area contributed by atoms with Gasteiger partial charge in [-0.15, -0.1) is 0 Å². The molecule has 0 bridgehead atoms. The lowest BCUT2D eigenvalue weighted by Crippen LogP contribution is -2.62. The summed E-state index contributed by atoms with van der Waals surface area (Å²) < 4.78 is 1.72. The topological polar surface area (TPSA) is 176 Å². The van der Waals surface area contributed by atoms with Gasteiger partial charge in [0.05, 0.1) is 12.1 Å². The summed E-state index contributed by atoms with van der Waals surface area (Å²) in [5.41, 5.74) is 4.00. The standard InChI is InChI=1S/C36H52N6O6/c1-34(2,3)24(18-41-16-20-11-9-10-12-21(20)31(41)46)39-33(48)40-28(35(4,5)6)32(47)42-17-22-25(36(22,7)8)26(42)30(45)38-23(15-19-13-14-19)27(43)29(37)44/h9-12,16,19,22-26,28,46H,13-15,17-18H2,1-8H3,(H2,37,44)(H,38,45)(H2,39,40,48)/t22-,23?,24+,25-,26-,28+/m0/s1. The van der Waals surface area contributed by atoms with E-state index in [9.17, 15) is 29.1 Å². The van der Waals surface area contributed by atoms with Crippen LogP contribution in [0.5, 0.6) is 5.88 Å². The molecule has 3 aliphatic rings. The van der Waals surface area contributed by atoms with Gasteiger partial charge in [0.2, 0.25) is 17.6 Å². The van der Waals surface area contributed by atoms with Crippen LogP contribution in [-0.2, 0) is 25.7 Å². The van der Waals surface area contributed by atoms with Crippen molar-refractivity contribution in [1.82, 2.24) is 25.4 Å². The van der Waals surface area contributed by atoms with E-state index in [0.717, 1.165) is 23.6 Å². The van der Waals surface area contributed by atoms with Crippen molar-refractivity contribution in [1.29, 1.82) is 0 Å². The summed E-state index contributed by atoms with van der Waals surface area (Å²) in [5, 5.41) is 21.2. The minimum absolute atomic E-state index is 0.0791. The van der Waals surface area contributed by atoms with Gasteiger partial charge < -0.3 is 36.3 Å². The molecule has 12 heteroatoms. The number of aromatic hydroxyl groups is 1. The second-order valence-corrected chi connectivity index (χ2v) is 16.9. The van der Waals surface area contributed by atoms with Crippen LogP contribution in [0.4, 0.5) is 4.79 Å². The van der Waals surface area contributed by atoms with Crippen molar-refractivity contribution < 1.29 is 29.1 Å². The van der Waals surface area contributed by atoms with Gasteiger partial charge in [-0.2, -0.15) is 0 Å². The molecule has 6 N–H and O–H groups in total. The molecule has 0 spiro atoms. The van der Waals surface area contributed by atoms with E-state index >= 15 is 0 Å². The van der Waals surface area contributed by atoms with E-state index in [1.165, 1.54) is 0 Å². The fraction of sp³-hybridized carbons (Fsp3) is 0.639. The summed E-state index contributed by atoms with van der Waals surface area (Å²) in [6, 6.07) is 3.67. The van der Waals surface area contributed by atoms with E-state index in [4.69, 9.17) is 5.73 Å². The molecule has 2 saturated carbocycles. The highest BCUT2D eigenvalue weighted by atomic mass is 16.3. The normalized spacial score (nSPS) is 23.5. The maximum atomic E-state index is 14.4. The number of aromatic nitrogens is 1. The maximum Gasteiger partial charge on any atom is 0.315 e. The minimum Gasteiger partial charge on any atom is -0.494 e. The first kappa shape index (κ1) is 35.2. The van der Waals surface area contributed by atoms with E-state index < -0.39 is 58.6 Å². The van der Waals surface area contributed by atoms with Gasteiger partial charge in [-0.1, -0.05) is 86.4 Å². The molecule has 5 rings (SSSR count). The lowest BCUT2D eigenvalue weighted by Gasteiger charge is -2.38. The number of amides is 5. The Morgan fingerprint density at radius 1 is 0.979 bits per heavy atom. The van der Waals surface area contributed by atoms with E-state index in [2.05, 4.69) is 29.8 Å². The van der Waals surface area contributed by atoms with E-state index in [-0.39, 0.29) is 35.0 Å². The number of urea groups is 1. The van der Waals surface area contributed by atoms with Crippen molar-refractivity contribution in [3.05, 3.63) is 30.5 Å². The zero-order chi connectivity index (χ0) is 35.5. The summed E-state index contributed by atoms with van der Waals surface area (Å²) in [6.45, 7) is 16.3. The number of nitrogens with two attached hydrogens (primary N) is 1. The Hall–Kier alpha value is -4.09. The quantitative estimate of drug-likeness (QED) is 0.230. The van der Waals surface area contributed by atoms with Gasteiger partial charge in [-0.05, 0) is 46.5 Å².